The van der Waals surface area contributed by atoms with Crippen molar-refractivity contribution in [1.29, 1.82) is 0 Å². The zero-order valence-electron chi connectivity index (χ0n) is 12.0. The molecule has 2 heterocycles. The van der Waals surface area contributed by atoms with Gasteiger partial charge < -0.3 is 20.6 Å². The topological polar surface area (TPSA) is 107 Å². The Morgan fingerprint density at radius 1 is 1.05 bits per heavy atom. The minimum absolute atomic E-state index is 0.00431. The van der Waals surface area contributed by atoms with Crippen molar-refractivity contribution in [1.82, 2.24) is 14.7 Å². The number of carbonyl (C=O) groups is 3. The summed E-state index contributed by atoms with van der Waals surface area (Å²) >= 11 is 0. The molecular weight excluding hydrogens is 276 g/mol. The lowest BCUT2D eigenvalue weighted by Crippen LogP contribution is -2.50. The molecule has 3 amide bonds. The standard InChI is InChI=1S/C13H22N4O4/c14-12(20)10-3-1-6-17(10)13(21)16-5-2-4-15(7-8-16)9-11(18)19/h10H,1-9H2,(H2,14,20)(H,18,19). The molecule has 2 aliphatic heterocycles. The summed E-state index contributed by atoms with van der Waals surface area (Å²) in [6.45, 7) is 2.81. The van der Waals surface area contributed by atoms with E-state index in [4.69, 9.17) is 10.8 Å². The summed E-state index contributed by atoms with van der Waals surface area (Å²) in [5, 5.41) is 8.82. The van der Waals surface area contributed by atoms with Crippen LogP contribution in [0.3, 0.4) is 0 Å². The molecule has 0 aliphatic carbocycles. The van der Waals surface area contributed by atoms with Crippen molar-refractivity contribution in [2.24, 2.45) is 5.73 Å². The second kappa shape index (κ2) is 6.75. The Balaban J connectivity index is 1.94. The first-order valence-electron chi connectivity index (χ1n) is 7.28. The van der Waals surface area contributed by atoms with Gasteiger partial charge in [0.1, 0.15) is 6.04 Å². The molecule has 0 aromatic heterocycles. The predicted octanol–water partition coefficient (Wildman–Crippen LogP) is -0.852. The van der Waals surface area contributed by atoms with Gasteiger partial charge in [-0.1, -0.05) is 0 Å². The lowest BCUT2D eigenvalue weighted by atomic mass is 10.2. The molecular formula is C13H22N4O4. The van der Waals surface area contributed by atoms with Crippen molar-refractivity contribution in [2.75, 3.05) is 39.3 Å². The largest absolute Gasteiger partial charge is 0.480 e. The van der Waals surface area contributed by atoms with E-state index < -0.39 is 17.9 Å². The first kappa shape index (κ1) is 15.6. The molecule has 0 aromatic rings. The van der Waals surface area contributed by atoms with Crippen LogP contribution >= 0.6 is 0 Å². The highest BCUT2D eigenvalue weighted by atomic mass is 16.4. The van der Waals surface area contributed by atoms with E-state index in [2.05, 4.69) is 0 Å². The van der Waals surface area contributed by atoms with E-state index in [9.17, 15) is 14.4 Å². The number of carbonyl (C=O) groups excluding carboxylic acids is 2. The van der Waals surface area contributed by atoms with Crippen molar-refractivity contribution >= 4 is 17.9 Å². The average molecular weight is 298 g/mol. The molecule has 0 radical (unpaired) electrons. The zero-order valence-corrected chi connectivity index (χ0v) is 12.0. The van der Waals surface area contributed by atoms with Gasteiger partial charge in [0, 0.05) is 32.7 Å². The highest BCUT2D eigenvalue weighted by Crippen LogP contribution is 2.19. The Morgan fingerprint density at radius 3 is 2.48 bits per heavy atom. The number of likely N-dealkylation sites (tertiary alicyclic amines) is 1. The summed E-state index contributed by atoms with van der Waals surface area (Å²) in [5.41, 5.74) is 5.34. The fraction of sp³-hybridized carbons (Fsp3) is 0.769. The molecule has 118 valence electrons. The van der Waals surface area contributed by atoms with Crippen LogP contribution in [0.1, 0.15) is 19.3 Å². The second-order valence-corrected chi connectivity index (χ2v) is 5.55. The van der Waals surface area contributed by atoms with Gasteiger partial charge in [-0.15, -0.1) is 0 Å². The summed E-state index contributed by atoms with van der Waals surface area (Å²) in [5.74, 6) is -1.31. The highest BCUT2D eigenvalue weighted by Gasteiger charge is 2.35. The van der Waals surface area contributed by atoms with Gasteiger partial charge in [-0.25, -0.2) is 4.79 Å². The molecule has 8 nitrogen and oxygen atoms in total. The molecule has 2 rings (SSSR count). The molecule has 2 saturated heterocycles. The van der Waals surface area contributed by atoms with Crippen LogP contribution in [-0.2, 0) is 9.59 Å². The van der Waals surface area contributed by atoms with Gasteiger partial charge in [0.05, 0.1) is 6.54 Å². The number of carboxylic acid groups (broad SMARTS) is 1. The first-order chi connectivity index (χ1) is 9.99. The third kappa shape index (κ3) is 3.84. The van der Waals surface area contributed by atoms with E-state index in [-0.39, 0.29) is 12.6 Å². The van der Waals surface area contributed by atoms with Crippen molar-refractivity contribution in [3.8, 4) is 0 Å². The number of amides is 3. The number of hydrogen-bond acceptors (Lipinski definition) is 4. The molecule has 1 atom stereocenters. The van der Waals surface area contributed by atoms with Gasteiger partial charge >= 0.3 is 12.0 Å². The summed E-state index contributed by atoms with van der Waals surface area (Å²) in [6, 6.07) is -0.663. The molecule has 0 saturated carbocycles. The van der Waals surface area contributed by atoms with Crippen molar-refractivity contribution < 1.29 is 19.5 Å². The first-order valence-corrected chi connectivity index (χ1v) is 7.28. The minimum Gasteiger partial charge on any atom is -0.480 e. The zero-order chi connectivity index (χ0) is 15.4. The van der Waals surface area contributed by atoms with E-state index in [0.717, 1.165) is 12.8 Å². The number of rotatable bonds is 3. The third-order valence-electron chi connectivity index (χ3n) is 4.04. The van der Waals surface area contributed by atoms with Crippen LogP contribution in [-0.4, -0.2) is 83.0 Å². The van der Waals surface area contributed by atoms with E-state index >= 15 is 0 Å². The van der Waals surface area contributed by atoms with Gasteiger partial charge in [0.15, 0.2) is 0 Å². The maximum atomic E-state index is 12.5. The van der Waals surface area contributed by atoms with Crippen molar-refractivity contribution in [2.45, 2.75) is 25.3 Å². The lowest BCUT2D eigenvalue weighted by molar-refractivity contribution is -0.138. The van der Waals surface area contributed by atoms with E-state index in [1.165, 1.54) is 0 Å². The van der Waals surface area contributed by atoms with Crippen molar-refractivity contribution in [3.05, 3.63) is 0 Å². The van der Waals surface area contributed by atoms with Crippen LogP contribution in [0.25, 0.3) is 0 Å². The van der Waals surface area contributed by atoms with E-state index in [0.29, 0.717) is 39.1 Å². The van der Waals surface area contributed by atoms with Crippen LogP contribution in [0.5, 0.6) is 0 Å². The predicted molar refractivity (Wildman–Crippen MR) is 74.6 cm³/mol. The molecule has 0 spiro atoms. The Labute approximate surface area is 123 Å². The molecule has 2 fully saturated rings. The molecule has 0 bridgehead atoms. The normalized spacial score (nSPS) is 23.9. The fourth-order valence-electron chi connectivity index (χ4n) is 2.98. The molecule has 0 aromatic carbocycles. The number of carboxylic acids is 1. The van der Waals surface area contributed by atoms with Crippen LogP contribution in [0, 0.1) is 0 Å². The number of nitrogens with zero attached hydrogens (tertiary/aromatic N) is 3. The highest BCUT2D eigenvalue weighted by molar-refractivity contribution is 5.86. The smallest absolute Gasteiger partial charge is 0.320 e. The quantitative estimate of drug-likeness (QED) is 0.705. The number of primary amides is 1. The maximum Gasteiger partial charge on any atom is 0.320 e. The van der Waals surface area contributed by atoms with Crippen LogP contribution in [0.4, 0.5) is 4.79 Å². The Kier molecular flexibility index (Phi) is 5.00. The number of hydrogen-bond donors (Lipinski definition) is 2. The fourth-order valence-corrected chi connectivity index (χ4v) is 2.98. The number of nitrogens with two attached hydrogens (primary N) is 1. The van der Waals surface area contributed by atoms with Crippen LogP contribution < -0.4 is 5.73 Å². The molecule has 1 unspecified atom stereocenters. The number of urea groups is 1. The van der Waals surface area contributed by atoms with Gasteiger partial charge in [-0.3, -0.25) is 14.5 Å². The molecule has 2 aliphatic rings. The SMILES string of the molecule is NC(=O)C1CCCN1C(=O)N1CCCN(CC(=O)O)CC1. The van der Waals surface area contributed by atoms with E-state index in [1.807, 2.05) is 4.90 Å². The monoisotopic (exact) mass is 298 g/mol. The van der Waals surface area contributed by atoms with Crippen molar-refractivity contribution in [3.63, 3.8) is 0 Å². The summed E-state index contributed by atoms with van der Waals surface area (Å²) in [7, 11) is 0. The van der Waals surface area contributed by atoms with Crippen LogP contribution in [0.2, 0.25) is 0 Å². The lowest BCUT2D eigenvalue weighted by Gasteiger charge is -2.29. The summed E-state index contributed by atoms with van der Waals surface area (Å²) < 4.78 is 0. The Bertz CT molecular complexity index is 428. The Hall–Kier alpha value is -1.83. The molecule has 3 N–H and O–H groups in total. The molecule has 21 heavy (non-hydrogen) atoms. The third-order valence-corrected chi connectivity index (χ3v) is 4.04. The molecule has 8 heteroatoms. The van der Waals surface area contributed by atoms with Gasteiger partial charge in [-0.05, 0) is 19.3 Å². The van der Waals surface area contributed by atoms with Gasteiger partial charge in [0.2, 0.25) is 5.91 Å². The average Bonchev–Trinajstić information content (AvgIpc) is 2.79. The van der Waals surface area contributed by atoms with Crippen LogP contribution in [0.15, 0.2) is 0 Å². The van der Waals surface area contributed by atoms with E-state index in [1.54, 1.807) is 9.80 Å². The van der Waals surface area contributed by atoms with Gasteiger partial charge in [0.25, 0.3) is 0 Å². The number of aliphatic carboxylic acids is 1. The van der Waals surface area contributed by atoms with Gasteiger partial charge in [-0.2, -0.15) is 0 Å². The summed E-state index contributed by atoms with van der Waals surface area (Å²) in [4.78, 5) is 39.7. The summed E-state index contributed by atoms with van der Waals surface area (Å²) in [6.07, 6.45) is 2.15. The maximum absolute atomic E-state index is 12.5. The second-order valence-electron chi connectivity index (χ2n) is 5.55. The Morgan fingerprint density at radius 2 is 1.81 bits per heavy atom. The minimum atomic E-state index is -0.858.